The summed E-state index contributed by atoms with van der Waals surface area (Å²) in [6, 6.07) is 2.79. The van der Waals surface area contributed by atoms with Gasteiger partial charge < -0.3 is 0 Å². The van der Waals surface area contributed by atoms with Crippen molar-refractivity contribution in [1.82, 2.24) is 19.6 Å². The molecule has 0 amide bonds. The molecule has 3 rings (SSSR count). The van der Waals surface area contributed by atoms with Crippen LogP contribution in [0.15, 0.2) is 29.2 Å². The van der Waals surface area contributed by atoms with Crippen molar-refractivity contribution in [3.05, 3.63) is 40.3 Å². The maximum Gasteiger partial charge on any atom is 0.0534 e. The van der Waals surface area contributed by atoms with E-state index in [9.17, 15) is 0 Å². The molecule has 0 unspecified atom stereocenters. The summed E-state index contributed by atoms with van der Waals surface area (Å²) in [5, 5.41) is 8.81. The molecule has 1 aliphatic heterocycles. The minimum Gasteiger partial charge on any atom is -0.296 e. The largest absolute Gasteiger partial charge is 0.296 e. The number of aromatic nitrogens is 2. The monoisotopic (exact) mass is 304 g/mol. The predicted molar refractivity (Wildman–Crippen MR) is 87.5 cm³/mol. The summed E-state index contributed by atoms with van der Waals surface area (Å²) in [5.74, 6) is 0. The lowest BCUT2D eigenvalue weighted by molar-refractivity contribution is 0.0980. The summed E-state index contributed by atoms with van der Waals surface area (Å²) >= 11 is 1.79. The van der Waals surface area contributed by atoms with Gasteiger partial charge in [-0.05, 0) is 36.2 Å². The van der Waals surface area contributed by atoms with E-state index in [0.717, 1.165) is 39.3 Å². The minimum absolute atomic E-state index is 0.543. The van der Waals surface area contributed by atoms with Crippen LogP contribution < -0.4 is 0 Å². The van der Waals surface area contributed by atoms with Gasteiger partial charge in [-0.1, -0.05) is 0 Å². The molecule has 21 heavy (non-hydrogen) atoms. The third kappa shape index (κ3) is 3.54. The zero-order valence-corrected chi connectivity index (χ0v) is 13.7. The third-order valence-electron chi connectivity index (χ3n) is 4.40. The Labute approximate surface area is 131 Å². The van der Waals surface area contributed by atoms with Crippen molar-refractivity contribution in [2.75, 3.05) is 26.2 Å². The van der Waals surface area contributed by atoms with Crippen LogP contribution in [0.5, 0.6) is 0 Å². The van der Waals surface area contributed by atoms with Crippen LogP contribution in [-0.4, -0.2) is 45.8 Å². The molecule has 1 atom stereocenters. The van der Waals surface area contributed by atoms with Crippen molar-refractivity contribution in [3.63, 3.8) is 0 Å². The molecule has 2 aromatic rings. The second-order valence-corrected chi connectivity index (χ2v) is 6.53. The lowest BCUT2D eigenvalue weighted by atomic mass is 10.1. The maximum atomic E-state index is 4.36. The highest BCUT2D eigenvalue weighted by molar-refractivity contribution is 7.07. The number of thiophene rings is 1. The van der Waals surface area contributed by atoms with Gasteiger partial charge in [0.2, 0.25) is 0 Å². The van der Waals surface area contributed by atoms with E-state index in [1.54, 1.807) is 11.3 Å². The van der Waals surface area contributed by atoms with Gasteiger partial charge in [-0.15, -0.1) is 0 Å². The average molecular weight is 304 g/mol. The summed E-state index contributed by atoms with van der Waals surface area (Å²) < 4.78 is 2.00. The van der Waals surface area contributed by atoms with Gasteiger partial charge in [0, 0.05) is 57.1 Å². The Morgan fingerprint density at radius 2 is 2.10 bits per heavy atom. The molecule has 1 aliphatic rings. The Morgan fingerprint density at radius 3 is 2.71 bits per heavy atom. The first kappa shape index (κ1) is 14.8. The first-order valence-electron chi connectivity index (χ1n) is 7.76. The quantitative estimate of drug-likeness (QED) is 0.849. The average Bonchev–Trinajstić information content (AvgIpc) is 3.19. The van der Waals surface area contributed by atoms with Crippen molar-refractivity contribution in [2.24, 2.45) is 0 Å². The smallest absolute Gasteiger partial charge is 0.0534 e. The van der Waals surface area contributed by atoms with Gasteiger partial charge in [0.25, 0.3) is 0 Å². The molecule has 0 aliphatic carbocycles. The molecular weight excluding hydrogens is 280 g/mol. The Hall–Kier alpha value is -1.17. The van der Waals surface area contributed by atoms with Crippen LogP contribution in [0.25, 0.3) is 0 Å². The zero-order valence-electron chi connectivity index (χ0n) is 12.9. The minimum atomic E-state index is 0.543. The highest BCUT2D eigenvalue weighted by Gasteiger charge is 2.22. The van der Waals surface area contributed by atoms with Crippen LogP contribution in [0.2, 0.25) is 0 Å². The van der Waals surface area contributed by atoms with Crippen molar-refractivity contribution < 1.29 is 0 Å². The molecule has 0 aromatic carbocycles. The molecule has 4 nitrogen and oxygen atoms in total. The number of hydrogen-bond acceptors (Lipinski definition) is 4. The third-order valence-corrected chi connectivity index (χ3v) is 5.10. The maximum absolute atomic E-state index is 4.36. The first-order chi connectivity index (χ1) is 10.3. The number of piperazine rings is 1. The molecule has 1 fully saturated rings. The first-order valence-corrected chi connectivity index (χ1v) is 8.70. The fourth-order valence-electron chi connectivity index (χ4n) is 2.95. The van der Waals surface area contributed by atoms with Crippen LogP contribution in [-0.2, 0) is 13.1 Å². The van der Waals surface area contributed by atoms with Gasteiger partial charge in [0.15, 0.2) is 0 Å². The van der Waals surface area contributed by atoms with Gasteiger partial charge in [0.05, 0.1) is 6.20 Å². The van der Waals surface area contributed by atoms with Crippen molar-refractivity contribution >= 4 is 11.3 Å². The Morgan fingerprint density at radius 1 is 1.29 bits per heavy atom. The summed E-state index contributed by atoms with van der Waals surface area (Å²) in [4.78, 5) is 5.13. The van der Waals surface area contributed by atoms with Crippen LogP contribution in [0.4, 0.5) is 0 Å². The van der Waals surface area contributed by atoms with E-state index >= 15 is 0 Å². The summed E-state index contributed by atoms with van der Waals surface area (Å²) in [6.45, 7) is 11.0. The number of nitrogens with zero attached hydrogens (tertiary/aromatic N) is 4. The highest BCUT2D eigenvalue weighted by atomic mass is 32.1. The molecule has 0 bridgehead atoms. The normalized spacial score (nSPS) is 19.0. The Bertz CT molecular complexity index is 540. The second-order valence-electron chi connectivity index (χ2n) is 5.75. The second kappa shape index (κ2) is 6.73. The van der Waals surface area contributed by atoms with E-state index in [0.29, 0.717) is 6.04 Å². The molecule has 0 N–H and O–H groups in total. The predicted octanol–water partition coefficient (Wildman–Crippen LogP) is 2.84. The molecule has 2 aromatic heterocycles. The van der Waals surface area contributed by atoms with Gasteiger partial charge in [-0.3, -0.25) is 14.5 Å². The lowest BCUT2D eigenvalue weighted by Gasteiger charge is -2.37. The summed E-state index contributed by atoms with van der Waals surface area (Å²) in [6.07, 6.45) is 4.17. The molecular formula is C16H24N4S. The molecule has 1 saturated heterocycles. The number of rotatable bonds is 5. The topological polar surface area (TPSA) is 24.3 Å². The van der Waals surface area contributed by atoms with Crippen LogP contribution >= 0.6 is 11.3 Å². The van der Waals surface area contributed by atoms with E-state index in [2.05, 4.69) is 51.8 Å². The molecule has 3 heterocycles. The van der Waals surface area contributed by atoms with Crippen LogP contribution in [0, 0.1) is 0 Å². The molecule has 0 saturated carbocycles. The molecule has 114 valence electrons. The van der Waals surface area contributed by atoms with Gasteiger partial charge in [-0.2, -0.15) is 16.4 Å². The Kier molecular flexibility index (Phi) is 4.73. The van der Waals surface area contributed by atoms with Gasteiger partial charge >= 0.3 is 0 Å². The number of hydrogen-bond donors (Lipinski definition) is 0. The van der Waals surface area contributed by atoms with Crippen molar-refractivity contribution in [2.45, 2.75) is 33.0 Å². The highest BCUT2D eigenvalue weighted by Crippen LogP contribution is 2.23. The van der Waals surface area contributed by atoms with Crippen LogP contribution in [0.1, 0.15) is 31.0 Å². The Balaban J connectivity index is 1.50. The summed E-state index contributed by atoms with van der Waals surface area (Å²) in [5.41, 5.74) is 2.79. The van der Waals surface area contributed by atoms with Gasteiger partial charge in [0.1, 0.15) is 0 Å². The summed E-state index contributed by atoms with van der Waals surface area (Å²) in [7, 11) is 0. The standard InChI is InChI=1S/C16H24N4S/c1-3-20-12-15(10-17-20)11-18-5-7-19(8-6-18)14(2)16-4-9-21-13-16/h4,9-10,12-14H,3,5-8,11H2,1-2H3/t14-/m1/s1. The number of aryl methyl sites for hydroxylation is 1. The van der Waals surface area contributed by atoms with E-state index in [1.165, 1.54) is 11.1 Å². The van der Waals surface area contributed by atoms with E-state index < -0.39 is 0 Å². The van der Waals surface area contributed by atoms with E-state index in [4.69, 9.17) is 0 Å². The lowest BCUT2D eigenvalue weighted by Crippen LogP contribution is -2.46. The SMILES string of the molecule is CCn1cc(CN2CCN([C@H](C)c3ccsc3)CC2)cn1. The fraction of sp³-hybridized carbons (Fsp3) is 0.562. The molecule has 0 spiro atoms. The van der Waals surface area contributed by atoms with Crippen LogP contribution in [0.3, 0.4) is 0 Å². The van der Waals surface area contributed by atoms with Crippen molar-refractivity contribution in [3.8, 4) is 0 Å². The van der Waals surface area contributed by atoms with E-state index in [-0.39, 0.29) is 0 Å². The van der Waals surface area contributed by atoms with E-state index in [1.807, 2.05) is 10.9 Å². The molecule has 0 radical (unpaired) electrons. The van der Waals surface area contributed by atoms with Gasteiger partial charge in [-0.25, -0.2) is 0 Å². The zero-order chi connectivity index (χ0) is 14.7. The molecule has 5 heteroatoms. The fourth-order valence-corrected chi connectivity index (χ4v) is 3.70. The van der Waals surface area contributed by atoms with Crippen molar-refractivity contribution in [1.29, 1.82) is 0 Å².